The molecule has 1 atom stereocenters. The van der Waals surface area contributed by atoms with E-state index in [1.807, 2.05) is 36.4 Å². The molecule has 2 amide bonds. The molecule has 1 unspecified atom stereocenters. The van der Waals surface area contributed by atoms with Gasteiger partial charge in [0.2, 0.25) is 0 Å². The molecule has 1 aliphatic heterocycles. The molecule has 3 aromatic rings. The average Bonchev–Trinajstić information content (AvgIpc) is 3.14. The first-order valence-electron chi connectivity index (χ1n) is 10.1. The number of rotatable bonds is 6. The Morgan fingerprint density at radius 3 is 2.19 bits per heavy atom. The number of carbonyl (C=O) groups is 2. The molecule has 0 bridgehead atoms. The molecular weight excluding hydrogens is 404 g/mol. The summed E-state index contributed by atoms with van der Waals surface area (Å²) in [5.74, 6) is -0.663. The fraction of sp³-hybridized carbons (Fsp3) is 0.120. The van der Waals surface area contributed by atoms with E-state index in [4.69, 9.17) is 4.74 Å². The zero-order valence-corrected chi connectivity index (χ0v) is 17.7. The number of hydrazone groups is 2. The predicted molar refractivity (Wildman–Crippen MR) is 124 cm³/mol. The van der Waals surface area contributed by atoms with Gasteiger partial charge in [-0.25, -0.2) is 5.43 Å². The zero-order valence-electron chi connectivity index (χ0n) is 17.7. The number of amides is 2. The number of methoxy groups -OCH3 is 1. The molecule has 0 saturated carbocycles. The molecule has 0 spiro atoms. The van der Waals surface area contributed by atoms with Gasteiger partial charge in [0.05, 0.1) is 24.2 Å². The molecular formula is C25H22N4O3. The number of benzene rings is 3. The molecule has 0 fully saturated rings. The minimum absolute atomic E-state index is 0.239. The number of carbonyl (C=O) groups excluding carboxylic acids is 2. The SMILES string of the molecule is COc1ccc(/C(=N\NC(=O)c2ccccc2)C2C(=O)N(c3ccccc3)N=C2C)cc1. The van der Waals surface area contributed by atoms with Crippen molar-refractivity contribution in [2.45, 2.75) is 6.92 Å². The highest BCUT2D eigenvalue weighted by Crippen LogP contribution is 2.27. The first kappa shape index (κ1) is 21.0. The summed E-state index contributed by atoms with van der Waals surface area (Å²) in [5, 5.41) is 10.2. The normalized spacial score (nSPS) is 16.0. The lowest BCUT2D eigenvalue weighted by Crippen LogP contribution is -2.35. The molecule has 0 aromatic heterocycles. The number of nitrogens with zero attached hydrogens (tertiary/aromatic N) is 3. The Morgan fingerprint density at radius 1 is 0.938 bits per heavy atom. The van der Waals surface area contributed by atoms with E-state index in [2.05, 4.69) is 15.6 Å². The lowest BCUT2D eigenvalue weighted by molar-refractivity contribution is -0.118. The van der Waals surface area contributed by atoms with Gasteiger partial charge in [-0.05, 0) is 61.0 Å². The second-order valence-electron chi connectivity index (χ2n) is 7.19. The molecule has 0 aliphatic carbocycles. The van der Waals surface area contributed by atoms with Crippen LogP contribution >= 0.6 is 0 Å². The van der Waals surface area contributed by atoms with E-state index in [1.54, 1.807) is 62.6 Å². The van der Waals surface area contributed by atoms with Crippen molar-refractivity contribution >= 4 is 28.9 Å². The van der Waals surface area contributed by atoms with Crippen LogP contribution in [0.2, 0.25) is 0 Å². The second kappa shape index (κ2) is 9.26. The quantitative estimate of drug-likeness (QED) is 0.480. The van der Waals surface area contributed by atoms with Crippen molar-refractivity contribution in [2.24, 2.45) is 16.1 Å². The van der Waals surface area contributed by atoms with E-state index < -0.39 is 5.92 Å². The smallest absolute Gasteiger partial charge is 0.271 e. The number of hydrogen-bond donors (Lipinski definition) is 1. The summed E-state index contributed by atoms with van der Waals surface area (Å²) in [4.78, 5) is 25.9. The van der Waals surface area contributed by atoms with Gasteiger partial charge < -0.3 is 4.74 Å². The highest BCUT2D eigenvalue weighted by atomic mass is 16.5. The highest BCUT2D eigenvalue weighted by molar-refractivity contribution is 6.32. The van der Waals surface area contributed by atoms with Gasteiger partial charge in [-0.3, -0.25) is 9.59 Å². The molecule has 7 heteroatoms. The lowest BCUT2D eigenvalue weighted by atomic mass is 9.92. The molecule has 160 valence electrons. The number of anilines is 1. The highest BCUT2D eigenvalue weighted by Gasteiger charge is 2.39. The largest absolute Gasteiger partial charge is 0.497 e. The van der Waals surface area contributed by atoms with Crippen LogP contribution in [0.15, 0.2) is 95.1 Å². The average molecular weight is 426 g/mol. The van der Waals surface area contributed by atoms with Gasteiger partial charge in [-0.15, -0.1) is 0 Å². The van der Waals surface area contributed by atoms with Crippen molar-refractivity contribution in [3.8, 4) is 5.75 Å². The monoisotopic (exact) mass is 426 g/mol. The minimum Gasteiger partial charge on any atom is -0.497 e. The van der Waals surface area contributed by atoms with E-state index in [-0.39, 0.29) is 11.8 Å². The Hall–Kier alpha value is -4.26. The topological polar surface area (TPSA) is 83.4 Å². The Kier molecular flexibility index (Phi) is 6.07. The van der Waals surface area contributed by atoms with Crippen molar-refractivity contribution in [2.75, 3.05) is 12.1 Å². The van der Waals surface area contributed by atoms with Crippen LogP contribution in [-0.2, 0) is 4.79 Å². The fourth-order valence-corrected chi connectivity index (χ4v) is 3.46. The summed E-state index contributed by atoms with van der Waals surface area (Å²) in [6, 6.07) is 25.2. The molecule has 1 N–H and O–H groups in total. The number of ether oxygens (including phenoxy) is 1. The van der Waals surface area contributed by atoms with Crippen molar-refractivity contribution in [3.05, 3.63) is 96.1 Å². The summed E-state index contributed by atoms with van der Waals surface area (Å²) in [7, 11) is 1.58. The standard InChI is InChI=1S/C25H22N4O3/c1-17-22(25(31)29(28-17)20-11-7-4-8-12-20)23(18-13-15-21(32-2)16-14-18)26-27-24(30)19-9-5-3-6-10-19/h3-16,22H,1-2H3,(H,27,30)/b26-23+. The second-order valence-corrected chi connectivity index (χ2v) is 7.19. The van der Waals surface area contributed by atoms with Gasteiger partial charge in [-0.1, -0.05) is 36.4 Å². The summed E-state index contributed by atoms with van der Waals surface area (Å²) >= 11 is 0. The number of hydrogen-bond acceptors (Lipinski definition) is 5. The van der Waals surface area contributed by atoms with Crippen molar-refractivity contribution < 1.29 is 14.3 Å². The van der Waals surface area contributed by atoms with Crippen LogP contribution in [0.4, 0.5) is 5.69 Å². The Bertz CT molecular complexity index is 1170. The van der Waals surface area contributed by atoms with Crippen LogP contribution in [0.1, 0.15) is 22.8 Å². The molecule has 1 aliphatic rings. The summed E-state index contributed by atoms with van der Waals surface area (Å²) < 4.78 is 5.24. The van der Waals surface area contributed by atoms with Gasteiger partial charge >= 0.3 is 0 Å². The van der Waals surface area contributed by atoms with Crippen LogP contribution in [0.3, 0.4) is 0 Å². The maximum absolute atomic E-state index is 13.4. The number of nitrogens with one attached hydrogen (secondary N) is 1. The van der Waals surface area contributed by atoms with Crippen LogP contribution in [0.5, 0.6) is 5.75 Å². The molecule has 7 nitrogen and oxygen atoms in total. The minimum atomic E-state index is -0.736. The third-order valence-corrected chi connectivity index (χ3v) is 5.11. The molecule has 0 saturated heterocycles. The van der Waals surface area contributed by atoms with Crippen LogP contribution in [0, 0.1) is 5.92 Å². The predicted octanol–water partition coefficient (Wildman–Crippen LogP) is 3.87. The Balaban J connectivity index is 1.69. The molecule has 1 heterocycles. The van der Waals surface area contributed by atoms with E-state index in [0.29, 0.717) is 34.0 Å². The maximum atomic E-state index is 13.4. The molecule has 32 heavy (non-hydrogen) atoms. The van der Waals surface area contributed by atoms with E-state index in [1.165, 1.54) is 5.01 Å². The molecule has 3 aromatic carbocycles. The van der Waals surface area contributed by atoms with Gasteiger partial charge in [0, 0.05) is 5.56 Å². The first-order chi connectivity index (χ1) is 15.6. The molecule has 0 radical (unpaired) electrons. The van der Waals surface area contributed by atoms with Crippen molar-refractivity contribution in [3.63, 3.8) is 0 Å². The lowest BCUT2D eigenvalue weighted by Gasteiger charge is -2.16. The van der Waals surface area contributed by atoms with Crippen LogP contribution in [0.25, 0.3) is 0 Å². The van der Waals surface area contributed by atoms with Gasteiger partial charge in [-0.2, -0.15) is 15.2 Å². The van der Waals surface area contributed by atoms with Crippen molar-refractivity contribution in [1.82, 2.24) is 5.43 Å². The van der Waals surface area contributed by atoms with Gasteiger partial charge in [0.25, 0.3) is 11.8 Å². The summed E-state index contributed by atoms with van der Waals surface area (Å²) in [5.41, 5.74) is 5.40. The Labute approximate surface area is 186 Å². The van der Waals surface area contributed by atoms with Crippen molar-refractivity contribution in [1.29, 1.82) is 0 Å². The Morgan fingerprint density at radius 2 is 1.56 bits per heavy atom. The van der Waals surface area contributed by atoms with Crippen LogP contribution in [-0.4, -0.2) is 30.3 Å². The van der Waals surface area contributed by atoms with E-state index in [0.717, 1.165) is 0 Å². The number of para-hydroxylation sites is 1. The zero-order chi connectivity index (χ0) is 22.5. The molecule has 4 rings (SSSR count). The van der Waals surface area contributed by atoms with Gasteiger partial charge in [0.15, 0.2) is 0 Å². The van der Waals surface area contributed by atoms with E-state index in [9.17, 15) is 9.59 Å². The third-order valence-electron chi connectivity index (χ3n) is 5.11. The first-order valence-corrected chi connectivity index (χ1v) is 10.1. The van der Waals surface area contributed by atoms with Crippen LogP contribution < -0.4 is 15.2 Å². The fourth-order valence-electron chi connectivity index (χ4n) is 3.46. The summed E-state index contributed by atoms with van der Waals surface area (Å²) in [6.07, 6.45) is 0. The van der Waals surface area contributed by atoms with Gasteiger partial charge in [0.1, 0.15) is 11.7 Å². The van der Waals surface area contributed by atoms with E-state index >= 15 is 0 Å². The third kappa shape index (κ3) is 4.27. The maximum Gasteiger partial charge on any atom is 0.271 e. The summed E-state index contributed by atoms with van der Waals surface area (Å²) in [6.45, 7) is 1.78.